The Kier molecular flexibility index (Phi) is 8.54. The molecule has 2 aliphatic heterocycles. The molecular weight excluding hydrogens is 594 g/mol. The quantitative estimate of drug-likeness (QED) is 0.328. The zero-order valence-electron chi connectivity index (χ0n) is 31.8. The van der Waals surface area contributed by atoms with Crippen molar-refractivity contribution in [1.29, 1.82) is 0 Å². The minimum Gasteiger partial charge on any atom is -0.393 e. The summed E-state index contributed by atoms with van der Waals surface area (Å²) in [6.45, 7) is 25.7. The molecule has 8 aliphatic rings. The summed E-state index contributed by atoms with van der Waals surface area (Å²) in [5.41, 5.74) is 1.28. The normalized spacial score (nSPS) is 48.6. The van der Waals surface area contributed by atoms with Crippen molar-refractivity contribution in [3.63, 3.8) is 0 Å². The third-order valence-electron chi connectivity index (χ3n) is 18.5. The number of ether oxygens (including phenoxy) is 1. The molecule has 0 bridgehead atoms. The van der Waals surface area contributed by atoms with E-state index in [9.17, 15) is 5.11 Å². The van der Waals surface area contributed by atoms with Crippen molar-refractivity contribution in [1.82, 2.24) is 14.7 Å². The van der Waals surface area contributed by atoms with Crippen LogP contribution in [0.15, 0.2) is 0 Å². The maximum Gasteiger partial charge on any atom is 0.229 e. The SMILES string of the molecule is CC1([C@@H]2CC[C@]3(C(=O)N4CCN(CCCN5CCOCC5)CC4)CC[C@]4(C)[C@H](CC[C@@H]5[C@@]6(C)CC[C@H](O)C(C)(C)[C@@H]6CC[C@]54C)[C@@H]23)CC1. The Morgan fingerprint density at radius 2 is 1.35 bits per heavy atom. The van der Waals surface area contributed by atoms with Gasteiger partial charge < -0.3 is 14.7 Å². The number of carbonyl (C=O) groups is 1. The molecule has 1 N–H and O–H groups in total. The number of hydrogen-bond donors (Lipinski definition) is 1. The Morgan fingerprint density at radius 3 is 2.04 bits per heavy atom. The van der Waals surface area contributed by atoms with E-state index in [0.717, 1.165) is 90.1 Å². The largest absolute Gasteiger partial charge is 0.393 e. The lowest BCUT2D eigenvalue weighted by Gasteiger charge is -2.73. The van der Waals surface area contributed by atoms with Crippen LogP contribution < -0.4 is 0 Å². The molecule has 0 aromatic carbocycles. The van der Waals surface area contributed by atoms with Crippen LogP contribution in [-0.2, 0) is 9.53 Å². The second-order valence-electron chi connectivity index (χ2n) is 20.5. The van der Waals surface area contributed by atoms with Crippen LogP contribution in [0.2, 0.25) is 0 Å². The molecule has 1 amide bonds. The topological polar surface area (TPSA) is 56.3 Å². The summed E-state index contributed by atoms with van der Waals surface area (Å²) < 4.78 is 5.54. The maximum atomic E-state index is 15.1. The predicted molar refractivity (Wildman–Crippen MR) is 192 cm³/mol. The van der Waals surface area contributed by atoms with E-state index in [-0.39, 0.29) is 16.9 Å². The van der Waals surface area contributed by atoms with Gasteiger partial charge in [0.05, 0.1) is 24.7 Å². The van der Waals surface area contributed by atoms with E-state index in [1.807, 2.05) is 0 Å². The molecule has 0 aromatic rings. The molecule has 6 aliphatic carbocycles. The van der Waals surface area contributed by atoms with Gasteiger partial charge >= 0.3 is 0 Å². The van der Waals surface area contributed by atoms with Crippen LogP contribution in [0.5, 0.6) is 0 Å². The van der Waals surface area contributed by atoms with Crippen molar-refractivity contribution in [2.75, 3.05) is 65.6 Å². The molecule has 0 unspecified atom stereocenters. The highest BCUT2D eigenvalue weighted by atomic mass is 16.5. The molecule has 0 spiro atoms. The fourth-order valence-corrected chi connectivity index (χ4v) is 15.1. The van der Waals surface area contributed by atoms with Gasteiger partial charge in [-0.25, -0.2) is 0 Å². The molecule has 10 atom stereocenters. The standard InChI is InChI=1S/C42H71N3O3/c1-37(2)32-11-14-41(6)33(39(32,4)13-12-34(37)46)9-8-31-35-30(38(3)16-17-38)10-15-42(35,19-18-40(31,41)5)36(47)45-24-22-43(23-25-45)20-7-21-44-26-28-48-29-27-44/h30-35,46H,7-29H2,1-6H3/t30-,31-,32+,33-,34+,35-,39+,40-,41-,42+/m1/s1. The first-order chi connectivity index (χ1) is 22.8. The first kappa shape index (κ1) is 34.4. The molecular formula is C42H71N3O3. The molecule has 2 heterocycles. The Hall–Kier alpha value is -0.690. The third kappa shape index (κ3) is 5.01. The molecule has 6 nitrogen and oxygen atoms in total. The highest BCUT2D eigenvalue weighted by Gasteiger charge is 2.73. The maximum absolute atomic E-state index is 15.1. The lowest BCUT2D eigenvalue weighted by molar-refractivity contribution is -0.249. The highest BCUT2D eigenvalue weighted by Crippen LogP contribution is 2.79. The van der Waals surface area contributed by atoms with E-state index >= 15 is 4.79 Å². The summed E-state index contributed by atoms with van der Waals surface area (Å²) >= 11 is 0. The van der Waals surface area contributed by atoms with E-state index in [4.69, 9.17) is 4.74 Å². The van der Waals surface area contributed by atoms with E-state index in [2.05, 4.69) is 56.2 Å². The predicted octanol–water partition coefficient (Wildman–Crippen LogP) is 7.10. The van der Waals surface area contributed by atoms with Crippen molar-refractivity contribution < 1.29 is 14.6 Å². The number of carbonyl (C=O) groups excluding carboxylic acids is 1. The second kappa shape index (κ2) is 11.9. The van der Waals surface area contributed by atoms with Crippen LogP contribution in [0.25, 0.3) is 0 Å². The van der Waals surface area contributed by atoms with E-state index in [1.165, 1.54) is 70.8 Å². The molecule has 6 heteroatoms. The minimum absolute atomic E-state index is 0.00406. The molecule has 272 valence electrons. The van der Waals surface area contributed by atoms with Crippen LogP contribution in [0.4, 0.5) is 0 Å². The van der Waals surface area contributed by atoms with Crippen LogP contribution in [0.1, 0.15) is 125 Å². The van der Waals surface area contributed by atoms with Crippen LogP contribution in [-0.4, -0.2) is 97.4 Å². The molecule has 8 rings (SSSR count). The van der Waals surface area contributed by atoms with Crippen molar-refractivity contribution >= 4 is 5.91 Å². The average molecular weight is 666 g/mol. The van der Waals surface area contributed by atoms with E-state index in [0.29, 0.717) is 45.3 Å². The van der Waals surface area contributed by atoms with Crippen molar-refractivity contribution in [3.8, 4) is 0 Å². The zero-order chi connectivity index (χ0) is 33.7. The highest BCUT2D eigenvalue weighted by molar-refractivity contribution is 5.84. The fraction of sp³-hybridized carbons (Fsp3) is 0.976. The van der Waals surface area contributed by atoms with Gasteiger partial charge in [0.1, 0.15) is 0 Å². The Labute approximate surface area is 293 Å². The Balaban J connectivity index is 1.01. The summed E-state index contributed by atoms with van der Waals surface area (Å²) in [6, 6.07) is 0. The molecule has 8 fully saturated rings. The van der Waals surface area contributed by atoms with Gasteiger partial charge in [-0.15, -0.1) is 0 Å². The summed E-state index contributed by atoms with van der Waals surface area (Å²) in [7, 11) is 0. The van der Waals surface area contributed by atoms with Gasteiger partial charge in [-0.05, 0) is 153 Å². The first-order valence-electron chi connectivity index (χ1n) is 20.8. The smallest absolute Gasteiger partial charge is 0.229 e. The number of morpholine rings is 1. The van der Waals surface area contributed by atoms with Crippen molar-refractivity contribution in [3.05, 3.63) is 0 Å². The van der Waals surface area contributed by atoms with Crippen molar-refractivity contribution in [2.45, 2.75) is 131 Å². The second-order valence-corrected chi connectivity index (χ2v) is 20.5. The Bertz CT molecular complexity index is 1220. The lowest BCUT2D eigenvalue weighted by Crippen LogP contribution is -2.67. The molecule has 6 saturated carbocycles. The van der Waals surface area contributed by atoms with E-state index in [1.54, 1.807) is 0 Å². The monoisotopic (exact) mass is 666 g/mol. The summed E-state index contributed by atoms with van der Waals surface area (Å²) in [6.07, 6.45) is 16.0. The lowest BCUT2D eigenvalue weighted by atomic mass is 9.32. The minimum atomic E-state index is -0.163. The first-order valence-corrected chi connectivity index (χ1v) is 20.8. The van der Waals surface area contributed by atoms with Gasteiger partial charge in [0, 0.05) is 39.3 Å². The van der Waals surface area contributed by atoms with Crippen LogP contribution in [0, 0.1) is 62.1 Å². The van der Waals surface area contributed by atoms with Gasteiger partial charge in [-0.2, -0.15) is 0 Å². The van der Waals surface area contributed by atoms with Gasteiger partial charge in [-0.1, -0.05) is 41.5 Å². The van der Waals surface area contributed by atoms with Gasteiger partial charge in [0.2, 0.25) is 5.91 Å². The average Bonchev–Trinajstić information content (AvgIpc) is 3.69. The number of rotatable bonds is 6. The number of nitrogens with zero attached hydrogens (tertiary/aromatic N) is 3. The number of hydrogen-bond acceptors (Lipinski definition) is 5. The summed E-state index contributed by atoms with van der Waals surface area (Å²) in [5, 5.41) is 11.1. The number of fused-ring (bicyclic) bond motifs is 7. The number of amides is 1. The van der Waals surface area contributed by atoms with Crippen LogP contribution >= 0.6 is 0 Å². The zero-order valence-corrected chi connectivity index (χ0v) is 31.8. The number of aliphatic hydroxyl groups is 1. The van der Waals surface area contributed by atoms with Gasteiger partial charge in [-0.3, -0.25) is 14.6 Å². The number of aliphatic hydroxyl groups excluding tert-OH is 1. The fourth-order valence-electron chi connectivity index (χ4n) is 15.1. The molecule has 2 saturated heterocycles. The van der Waals surface area contributed by atoms with E-state index < -0.39 is 0 Å². The summed E-state index contributed by atoms with van der Waals surface area (Å²) in [4.78, 5) is 22.7. The summed E-state index contributed by atoms with van der Waals surface area (Å²) in [5.74, 6) is 3.87. The third-order valence-corrected chi connectivity index (χ3v) is 18.5. The van der Waals surface area contributed by atoms with Crippen LogP contribution in [0.3, 0.4) is 0 Å². The Morgan fingerprint density at radius 1 is 0.667 bits per heavy atom. The van der Waals surface area contributed by atoms with Crippen molar-refractivity contribution in [2.24, 2.45) is 62.1 Å². The van der Waals surface area contributed by atoms with Gasteiger partial charge in [0.15, 0.2) is 0 Å². The molecule has 0 radical (unpaired) electrons. The molecule has 48 heavy (non-hydrogen) atoms. The van der Waals surface area contributed by atoms with Gasteiger partial charge in [0.25, 0.3) is 0 Å². The number of piperazine rings is 1. The molecule has 0 aromatic heterocycles.